The molecule has 32 heavy (non-hydrogen) atoms. The fraction of sp³-hybridized carbons (Fsp3) is 0.375. The van der Waals surface area contributed by atoms with Crippen molar-refractivity contribution in [2.75, 3.05) is 37.8 Å². The maximum atomic E-state index is 12.6. The Morgan fingerprint density at radius 3 is 2.59 bits per heavy atom. The van der Waals surface area contributed by atoms with Crippen LogP contribution in [0.4, 0.5) is 5.69 Å². The average Bonchev–Trinajstić information content (AvgIpc) is 3.17. The Kier molecular flexibility index (Phi) is 7.18. The summed E-state index contributed by atoms with van der Waals surface area (Å²) < 4.78 is 5.16. The summed E-state index contributed by atoms with van der Waals surface area (Å²) in [7, 11) is 1.56. The minimum Gasteiger partial charge on any atom is -0.495 e. The van der Waals surface area contributed by atoms with E-state index in [4.69, 9.17) is 26.3 Å². The molecule has 1 spiro atoms. The largest absolute Gasteiger partial charge is 0.495 e. The number of carbonyl (C=O) groups excluding carboxylic acids is 1. The van der Waals surface area contributed by atoms with E-state index in [1.807, 2.05) is 18.2 Å². The Morgan fingerprint density at radius 1 is 1.19 bits per heavy atom. The zero-order valence-corrected chi connectivity index (χ0v) is 19.9. The van der Waals surface area contributed by atoms with E-state index in [2.05, 4.69) is 29.3 Å². The number of hydrogen-bond acceptors (Lipinski definition) is 6. The third-order valence-electron chi connectivity index (χ3n) is 5.76. The van der Waals surface area contributed by atoms with Gasteiger partial charge in [0.15, 0.2) is 5.66 Å². The molecule has 6 nitrogen and oxygen atoms in total. The van der Waals surface area contributed by atoms with Crippen LogP contribution in [0.25, 0.3) is 0 Å². The number of carbonyl (C=O) groups is 1. The molecule has 0 radical (unpaired) electrons. The number of thioether (sulfide) groups is 1. The van der Waals surface area contributed by atoms with E-state index in [1.54, 1.807) is 25.3 Å². The molecule has 1 N–H and O–H groups in total. The maximum absolute atomic E-state index is 12.6. The molecular formula is C24H27ClN4O2S. The number of benzene rings is 2. The number of piperidine rings is 1. The third-order valence-corrected chi connectivity index (χ3v) is 7.02. The molecule has 1 saturated heterocycles. The highest BCUT2D eigenvalue weighted by atomic mass is 35.5. The summed E-state index contributed by atoms with van der Waals surface area (Å²) in [6.45, 7) is 5.21. The monoisotopic (exact) mass is 470 g/mol. The number of hydrogen-bond donors (Lipinski definition) is 1. The number of nitrogens with zero attached hydrogens (tertiary/aromatic N) is 3. The van der Waals surface area contributed by atoms with Gasteiger partial charge in [0.25, 0.3) is 0 Å². The standard InChI is InChI=1S/C24H27ClN4O2S/c1-3-29-13-11-24(12-14-29)27-22(17-7-5-4-6-8-17)23(28-24)32-16-21(30)26-18-9-10-20(31-2)19(25)15-18/h4-10,15H,3,11-14,16H2,1-2H3,(H,26,30). The van der Waals surface area contributed by atoms with Crippen molar-refractivity contribution in [2.24, 2.45) is 9.98 Å². The quantitative estimate of drug-likeness (QED) is 0.662. The van der Waals surface area contributed by atoms with Gasteiger partial charge in [-0.15, -0.1) is 0 Å². The number of amides is 1. The number of aliphatic imine (C=N–C) groups is 2. The molecule has 2 aliphatic heterocycles. The van der Waals surface area contributed by atoms with E-state index in [0.29, 0.717) is 16.5 Å². The van der Waals surface area contributed by atoms with Crippen LogP contribution in [-0.4, -0.2) is 59.7 Å². The summed E-state index contributed by atoms with van der Waals surface area (Å²) in [5.41, 5.74) is 2.16. The van der Waals surface area contributed by atoms with Gasteiger partial charge in [-0.2, -0.15) is 0 Å². The SMILES string of the molecule is CCN1CCC2(CC1)N=C(SCC(=O)Nc1ccc(OC)c(Cl)c1)C(c1ccccc1)=N2. The zero-order valence-electron chi connectivity index (χ0n) is 18.3. The fourth-order valence-electron chi connectivity index (χ4n) is 3.93. The van der Waals surface area contributed by atoms with Crippen molar-refractivity contribution in [3.8, 4) is 5.75 Å². The number of halogens is 1. The molecule has 2 aromatic carbocycles. The second-order valence-corrected chi connectivity index (χ2v) is 9.22. The lowest BCUT2D eigenvalue weighted by molar-refractivity contribution is -0.113. The molecule has 4 rings (SSSR count). The van der Waals surface area contributed by atoms with Crippen molar-refractivity contribution < 1.29 is 9.53 Å². The van der Waals surface area contributed by atoms with Crippen LogP contribution in [0.2, 0.25) is 5.02 Å². The molecule has 168 valence electrons. The summed E-state index contributed by atoms with van der Waals surface area (Å²) in [6.07, 6.45) is 1.80. The number of nitrogens with one attached hydrogen (secondary N) is 1. The van der Waals surface area contributed by atoms with Crippen LogP contribution in [0.3, 0.4) is 0 Å². The maximum Gasteiger partial charge on any atom is 0.234 e. The highest BCUT2D eigenvalue weighted by molar-refractivity contribution is 8.16. The van der Waals surface area contributed by atoms with Crippen LogP contribution in [-0.2, 0) is 4.79 Å². The molecule has 0 aliphatic carbocycles. The highest BCUT2D eigenvalue weighted by Gasteiger charge is 2.39. The van der Waals surface area contributed by atoms with Crippen molar-refractivity contribution in [1.82, 2.24) is 4.90 Å². The summed E-state index contributed by atoms with van der Waals surface area (Å²) >= 11 is 7.60. The Morgan fingerprint density at radius 2 is 1.94 bits per heavy atom. The van der Waals surface area contributed by atoms with Gasteiger partial charge in [-0.05, 0) is 24.7 Å². The van der Waals surface area contributed by atoms with Crippen molar-refractivity contribution in [2.45, 2.75) is 25.4 Å². The van der Waals surface area contributed by atoms with Crippen LogP contribution in [0.5, 0.6) is 5.75 Å². The molecular weight excluding hydrogens is 444 g/mol. The highest BCUT2D eigenvalue weighted by Crippen LogP contribution is 2.35. The molecule has 0 unspecified atom stereocenters. The molecule has 0 aromatic heterocycles. The normalized spacial score (nSPS) is 17.7. The van der Waals surface area contributed by atoms with Crippen LogP contribution in [0.1, 0.15) is 25.3 Å². The molecule has 2 heterocycles. The van der Waals surface area contributed by atoms with Crippen molar-refractivity contribution in [1.29, 1.82) is 0 Å². The lowest BCUT2D eigenvalue weighted by atomic mass is 9.98. The summed E-state index contributed by atoms with van der Waals surface area (Å²) in [6, 6.07) is 15.3. The van der Waals surface area contributed by atoms with Crippen molar-refractivity contribution in [3.63, 3.8) is 0 Å². The Labute approximate surface area is 198 Å². The molecule has 2 aromatic rings. The van der Waals surface area contributed by atoms with E-state index in [1.165, 1.54) is 11.8 Å². The van der Waals surface area contributed by atoms with Crippen LogP contribution in [0.15, 0.2) is 58.5 Å². The second-order valence-electron chi connectivity index (χ2n) is 7.85. The molecule has 0 bridgehead atoms. The van der Waals surface area contributed by atoms with E-state index in [9.17, 15) is 4.79 Å². The van der Waals surface area contributed by atoms with Crippen LogP contribution < -0.4 is 10.1 Å². The number of rotatable bonds is 6. The Balaban J connectivity index is 1.47. The van der Waals surface area contributed by atoms with E-state index >= 15 is 0 Å². The first-order chi connectivity index (χ1) is 15.5. The van der Waals surface area contributed by atoms with Crippen LogP contribution >= 0.6 is 23.4 Å². The predicted molar refractivity (Wildman–Crippen MR) is 134 cm³/mol. The van der Waals surface area contributed by atoms with E-state index in [0.717, 1.165) is 48.8 Å². The van der Waals surface area contributed by atoms with Gasteiger partial charge in [0.05, 0.1) is 23.6 Å². The minimum atomic E-state index is -0.404. The van der Waals surface area contributed by atoms with Crippen molar-refractivity contribution in [3.05, 3.63) is 59.1 Å². The zero-order chi connectivity index (χ0) is 22.6. The first kappa shape index (κ1) is 22.8. The smallest absolute Gasteiger partial charge is 0.234 e. The first-order valence-corrected chi connectivity index (χ1v) is 12.1. The fourth-order valence-corrected chi connectivity index (χ4v) is 5.07. The third kappa shape index (κ3) is 5.17. The Hall–Kier alpha value is -2.35. The van der Waals surface area contributed by atoms with Crippen molar-refractivity contribution >= 4 is 45.7 Å². The van der Waals surface area contributed by atoms with Gasteiger partial charge in [-0.25, -0.2) is 4.99 Å². The minimum absolute atomic E-state index is 0.118. The molecule has 8 heteroatoms. The van der Waals surface area contributed by atoms with Gasteiger partial charge in [-0.1, -0.05) is 60.6 Å². The topological polar surface area (TPSA) is 66.3 Å². The predicted octanol–water partition coefficient (Wildman–Crippen LogP) is 4.73. The summed E-state index contributed by atoms with van der Waals surface area (Å²) in [4.78, 5) is 25.2. The van der Waals surface area contributed by atoms with Gasteiger partial charge in [0.2, 0.25) is 5.91 Å². The molecule has 2 aliphatic rings. The van der Waals surface area contributed by atoms with Gasteiger partial charge in [0, 0.05) is 37.2 Å². The van der Waals surface area contributed by atoms with Crippen LogP contribution in [0, 0.1) is 0 Å². The lowest BCUT2D eigenvalue weighted by Gasteiger charge is -2.34. The van der Waals surface area contributed by atoms with E-state index < -0.39 is 5.66 Å². The van der Waals surface area contributed by atoms with E-state index in [-0.39, 0.29) is 11.7 Å². The number of anilines is 1. The average molecular weight is 471 g/mol. The summed E-state index contributed by atoms with van der Waals surface area (Å²) in [5.74, 6) is 0.696. The second kappa shape index (κ2) is 10.1. The first-order valence-electron chi connectivity index (χ1n) is 10.8. The number of ether oxygens (including phenoxy) is 1. The molecule has 0 atom stereocenters. The van der Waals surface area contributed by atoms with Gasteiger partial charge >= 0.3 is 0 Å². The Bertz CT molecular complexity index is 1030. The number of methoxy groups -OCH3 is 1. The van der Waals surface area contributed by atoms with Gasteiger partial charge < -0.3 is 15.0 Å². The lowest BCUT2D eigenvalue weighted by Crippen LogP contribution is -2.41. The number of likely N-dealkylation sites (tertiary alicyclic amines) is 1. The van der Waals surface area contributed by atoms with Gasteiger partial charge in [0.1, 0.15) is 10.8 Å². The molecule has 0 saturated carbocycles. The molecule has 1 fully saturated rings. The molecule has 1 amide bonds. The van der Waals surface area contributed by atoms with Gasteiger partial charge in [-0.3, -0.25) is 9.79 Å². The summed E-state index contributed by atoms with van der Waals surface area (Å²) in [5, 5.41) is 4.19.